The van der Waals surface area contributed by atoms with Gasteiger partial charge in [-0.3, -0.25) is 0 Å². The Labute approximate surface area is 121 Å². The molecule has 0 radical (unpaired) electrons. The van der Waals surface area contributed by atoms with E-state index >= 15 is 0 Å². The van der Waals surface area contributed by atoms with Crippen molar-refractivity contribution in [2.75, 3.05) is 26.2 Å². The van der Waals surface area contributed by atoms with Crippen molar-refractivity contribution in [1.29, 1.82) is 0 Å². The van der Waals surface area contributed by atoms with Gasteiger partial charge in [-0.1, -0.05) is 13.8 Å². The van der Waals surface area contributed by atoms with Gasteiger partial charge in [0.1, 0.15) is 12.4 Å². The Balaban J connectivity index is 2.82. The number of ether oxygens (including phenoxy) is 1. The molecule has 5 nitrogen and oxygen atoms in total. The van der Waals surface area contributed by atoms with Crippen LogP contribution in [0.3, 0.4) is 0 Å². The summed E-state index contributed by atoms with van der Waals surface area (Å²) >= 11 is 0. The van der Waals surface area contributed by atoms with Crippen LogP contribution in [-0.2, 0) is 10.0 Å². The third-order valence-electron chi connectivity index (χ3n) is 3.31. The molecule has 114 valence electrons. The molecule has 6 heteroatoms. The van der Waals surface area contributed by atoms with E-state index in [1.54, 1.807) is 12.1 Å². The van der Waals surface area contributed by atoms with Crippen LogP contribution in [0.15, 0.2) is 17.0 Å². The highest BCUT2D eigenvalue weighted by atomic mass is 32.2. The summed E-state index contributed by atoms with van der Waals surface area (Å²) in [7, 11) is -3.67. The molecular formula is C14H24N2O3S. The highest BCUT2D eigenvalue weighted by Gasteiger charge is 2.13. The van der Waals surface area contributed by atoms with Crippen LogP contribution in [0.1, 0.15) is 25.0 Å². The maximum absolute atomic E-state index is 11.4. The summed E-state index contributed by atoms with van der Waals surface area (Å²) in [5.41, 5.74) is 1.57. The molecule has 0 saturated heterocycles. The minimum atomic E-state index is -3.67. The van der Waals surface area contributed by atoms with Crippen LogP contribution in [0.25, 0.3) is 0 Å². The van der Waals surface area contributed by atoms with Crippen LogP contribution in [0.2, 0.25) is 0 Å². The molecule has 0 fully saturated rings. The average Bonchev–Trinajstić information content (AvgIpc) is 2.36. The van der Waals surface area contributed by atoms with Crippen LogP contribution in [-0.4, -0.2) is 39.6 Å². The molecule has 0 atom stereocenters. The lowest BCUT2D eigenvalue weighted by Gasteiger charge is -2.19. The van der Waals surface area contributed by atoms with Gasteiger partial charge in [-0.2, -0.15) is 0 Å². The van der Waals surface area contributed by atoms with Crippen molar-refractivity contribution < 1.29 is 13.2 Å². The molecule has 0 bridgehead atoms. The zero-order valence-electron chi connectivity index (χ0n) is 12.6. The molecule has 0 amide bonds. The maximum atomic E-state index is 11.4. The van der Waals surface area contributed by atoms with Gasteiger partial charge in [-0.15, -0.1) is 0 Å². The molecule has 0 heterocycles. The number of hydrogen-bond donors (Lipinski definition) is 1. The van der Waals surface area contributed by atoms with Gasteiger partial charge in [0.05, 0.1) is 4.90 Å². The van der Waals surface area contributed by atoms with Gasteiger partial charge in [0.2, 0.25) is 10.0 Å². The van der Waals surface area contributed by atoms with Gasteiger partial charge in [-0.25, -0.2) is 13.6 Å². The number of benzene rings is 1. The first-order valence-corrected chi connectivity index (χ1v) is 8.33. The van der Waals surface area contributed by atoms with Gasteiger partial charge in [0, 0.05) is 6.54 Å². The van der Waals surface area contributed by atoms with Gasteiger partial charge in [0.25, 0.3) is 0 Å². The molecule has 2 N–H and O–H groups in total. The molecule has 1 rings (SSSR count). The lowest BCUT2D eigenvalue weighted by molar-refractivity contribution is 0.221. The molecule has 0 aliphatic carbocycles. The van der Waals surface area contributed by atoms with Crippen molar-refractivity contribution in [2.24, 2.45) is 5.14 Å². The summed E-state index contributed by atoms with van der Waals surface area (Å²) in [5.74, 6) is 0.740. The van der Waals surface area contributed by atoms with E-state index in [4.69, 9.17) is 9.88 Å². The lowest BCUT2D eigenvalue weighted by atomic mass is 10.1. The van der Waals surface area contributed by atoms with Crippen molar-refractivity contribution in [1.82, 2.24) is 4.90 Å². The quantitative estimate of drug-likeness (QED) is 0.831. The largest absolute Gasteiger partial charge is 0.492 e. The molecule has 1 aromatic rings. The minimum absolute atomic E-state index is 0.128. The Morgan fingerprint density at radius 2 is 1.65 bits per heavy atom. The third kappa shape index (κ3) is 4.47. The van der Waals surface area contributed by atoms with Crippen molar-refractivity contribution in [3.63, 3.8) is 0 Å². The van der Waals surface area contributed by atoms with E-state index in [0.717, 1.165) is 36.5 Å². The molecule has 0 aromatic heterocycles. The Morgan fingerprint density at radius 1 is 1.15 bits per heavy atom. The average molecular weight is 300 g/mol. The molecule has 0 aliphatic heterocycles. The summed E-state index contributed by atoms with van der Waals surface area (Å²) in [6.07, 6.45) is 0. The zero-order valence-corrected chi connectivity index (χ0v) is 13.5. The van der Waals surface area contributed by atoms with Crippen molar-refractivity contribution in [2.45, 2.75) is 32.6 Å². The number of nitrogens with zero attached hydrogens (tertiary/aromatic N) is 1. The van der Waals surface area contributed by atoms with E-state index in [0.29, 0.717) is 6.61 Å². The first-order chi connectivity index (χ1) is 9.29. The number of nitrogens with two attached hydrogens (primary N) is 1. The number of hydrogen-bond acceptors (Lipinski definition) is 4. The number of sulfonamides is 1. The predicted octanol–water partition coefficient (Wildman–Crippen LogP) is 1.67. The second-order valence-corrected chi connectivity index (χ2v) is 6.37. The Bertz CT molecular complexity index is 529. The van der Waals surface area contributed by atoms with E-state index in [2.05, 4.69) is 18.7 Å². The number of rotatable bonds is 7. The van der Waals surface area contributed by atoms with Crippen LogP contribution >= 0.6 is 0 Å². The summed E-state index contributed by atoms with van der Waals surface area (Å²) in [4.78, 5) is 2.40. The number of aryl methyl sites for hydroxylation is 2. The van der Waals surface area contributed by atoms with Gasteiger partial charge >= 0.3 is 0 Å². The Morgan fingerprint density at radius 3 is 2.05 bits per heavy atom. The van der Waals surface area contributed by atoms with Crippen LogP contribution in [0.4, 0.5) is 0 Å². The molecule has 1 aromatic carbocycles. The number of likely N-dealkylation sites (N-methyl/N-ethyl adjacent to an activating group) is 1. The van der Waals surface area contributed by atoms with E-state index in [1.165, 1.54) is 0 Å². The summed E-state index contributed by atoms with van der Waals surface area (Å²) < 4.78 is 28.5. The zero-order chi connectivity index (χ0) is 15.3. The summed E-state index contributed by atoms with van der Waals surface area (Å²) in [6.45, 7) is 11.3. The topological polar surface area (TPSA) is 72.6 Å². The Hall–Kier alpha value is -1.11. The first-order valence-electron chi connectivity index (χ1n) is 6.78. The normalized spacial score (nSPS) is 11.9. The fourth-order valence-corrected chi connectivity index (χ4v) is 2.80. The van der Waals surface area contributed by atoms with Crippen molar-refractivity contribution in [3.05, 3.63) is 23.3 Å². The van der Waals surface area contributed by atoms with E-state index < -0.39 is 10.0 Å². The van der Waals surface area contributed by atoms with Crippen LogP contribution in [0.5, 0.6) is 5.75 Å². The second-order valence-electron chi connectivity index (χ2n) is 4.81. The van der Waals surface area contributed by atoms with Crippen molar-refractivity contribution >= 4 is 10.0 Å². The summed E-state index contributed by atoms with van der Waals surface area (Å²) in [6, 6.07) is 3.10. The van der Waals surface area contributed by atoms with Gasteiger partial charge < -0.3 is 9.64 Å². The molecule has 0 spiro atoms. The van der Waals surface area contributed by atoms with Crippen LogP contribution in [0, 0.1) is 13.8 Å². The predicted molar refractivity (Wildman–Crippen MR) is 80.6 cm³/mol. The first kappa shape index (κ1) is 16.9. The highest BCUT2D eigenvalue weighted by molar-refractivity contribution is 7.89. The Kier molecular flexibility index (Phi) is 5.98. The van der Waals surface area contributed by atoms with E-state index in [9.17, 15) is 8.42 Å². The maximum Gasteiger partial charge on any atom is 0.238 e. The van der Waals surface area contributed by atoms with Gasteiger partial charge in [-0.05, 0) is 50.2 Å². The molecule has 0 unspecified atom stereocenters. The summed E-state index contributed by atoms with van der Waals surface area (Å²) in [5, 5.41) is 5.15. The van der Waals surface area contributed by atoms with Crippen molar-refractivity contribution in [3.8, 4) is 5.75 Å². The lowest BCUT2D eigenvalue weighted by Crippen LogP contribution is -2.28. The molecule has 0 aliphatic rings. The fraction of sp³-hybridized carbons (Fsp3) is 0.571. The fourth-order valence-electron chi connectivity index (χ4n) is 2.12. The van der Waals surface area contributed by atoms with E-state index in [1.807, 2.05) is 13.8 Å². The minimum Gasteiger partial charge on any atom is -0.492 e. The molecule has 0 saturated carbocycles. The standard InChI is InChI=1S/C14H24N2O3S/c1-5-16(6-2)7-8-19-14-11(3)9-13(10-12(14)4)20(15,17)18/h9-10H,5-8H2,1-4H3,(H2,15,17,18). The van der Waals surface area contributed by atoms with Gasteiger partial charge in [0.15, 0.2) is 0 Å². The monoisotopic (exact) mass is 300 g/mol. The molecular weight excluding hydrogens is 276 g/mol. The SMILES string of the molecule is CCN(CC)CCOc1c(C)cc(S(N)(=O)=O)cc1C. The highest BCUT2D eigenvalue weighted by Crippen LogP contribution is 2.26. The second kappa shape index (κ2) is 7.06. The number of primary sulfonamides is 1. The third-order valence-corrected chi connectivity index (χ3v) is 4.20. The van der Waals surface area contributed by atoms with E-state index in [-0.39, 0.29) is 4.90 Å². The van der Waals surface area contributed by atoms with Crippen LogP contribution < -0.4 is 9.88 Å². The molecule has 20 heavy (non-hydrogen) atoms. The smallest absolute Gasteiger partial charge is 0.238 e.